The molecule has 1 heterocycles. The molecule has 0 aliphatic carbocycles. The number of hydrogen-bond donors (Lipinski definition) is 1. The fourth-order valence-corrected chi connectivity index (χ4v) is 3.64. The number of nitro groups is 1. The molecule has 0 saturated carbocycles. The SMILES string of the molecule is C=CCn1c(SCC(=O)Nc2cccc([N+](=O)[O-])c2)nnc1-c1ccc(OCC(C)C)cc1. The summed E-state index contributed by atoms with van der Waals surface area (Å²) in [5, 5.41) is 22.7. The van der Waals surface area contributed by atoms with Crippen LogP contribution in [0.25, 0.3) is 11.4 Å². The van der Waals surface area contributed by atoms with Crippen molar-refractivity contribution in [1.82, 2.24) is 14.8 Å². The van der Waals surface area contributed by atoms with Crippen LogP contribution in [-0.4, -0.2) is 38.0 Å². The number of non-ortho nitro benzene ring substituents is 1. The first kappa shape index (κ1) is 24.0. The fraction of sp³-hybridized carbons (Fsp3) is 0.261. The number of nitrogens with one attached hydrogen (secondary N) is 1. The van der Waals surface area contributed by atoms with Gasteiger partial charge in [-0.15, -0.1) is 16.8 Å². The van der Waals surface area contributed by atoms with Crippen molar-refractivity contribution in [3.63, 3.8) is 0 Å². The highest BCUT2D eigenvalue weighted by Gasteiger charge is 2.16. The molecule has 0 saturated heterocycles. The van der Waals surface area contributed by atoms with Gasteiger partial charge in [-0.2, -0.15) is 0 Å². The number of aromatic nitrogens is 3. The fourth-order valence-electron chi connectivity index (χ4n) is 2.89. The predicted molar refractivity (Wildman–Crippen MR) is 128 cm³/mol. The summed E-state index contributed by atoms with van der Waals surface area (Å²) in [6.07, 6.45) is 1.74. The maximum atomic E-state index is 12.4. The molecule has 1 N–H and O–H groups in total. The molecule has 3 aromatic rings. The molecule has 0 aliphatic rings. The van der Waals surface area contributed by atoms with Crippen LogP contribution >= 0.6 is 11.8 Å². The van der Waals surface area contributed by atoms with Crippen molar-refractivity contribution in [2.45, 2.75) is 25.5 Å². The molecule has 0 radical (unpaired) electrons. The number of anilines is 1. The quantitative estimate of drug-likeness (QED) is 0.186. The van der Waals surface area contributed by atoms with E-state index in [4.69, 9.17) is 4.74 Å². The lowest BCUT2D eigenvalue weighted by molar-refractivity contribution is -0.384. The molecule has 33 heavy (non-hydrogen) atoms. The van der Waals surface area contributed by atoms with E-state index in [1.165, 1.54) is 30.0 Å². The molecule has 0 fully saturated rings. The highest BCUT2D eigenvalue weighted by Crippen LogP contribution is 2.26. The van der Waals surface area contributed by atoms with E-state index in [0.717, 1.165) is 11.3 Å². The van der Waals surface area contributed by atoms with Crippen LogP contribution in [0, 0.1) is 16.0 Å². The molecule has 172 valence electrons. The summed E-state index contributed by atoms with van der Waals surface area (Å²) in [4.78, 5) is 22.8. The van der Waals surface area contributed by atoms with Crippen LogP contribution in [0.2, 0.25) is 0 Å². The van der Waals surface area contributed by atoms with Crippen molar-refractivity contribution in [1.29, 1.82) is 0 Å². The number of carbonyl (C=O) groups is 1. The summed E-state index contributed by atoms with van der Waals surface area (Å²) >= 11 is 1.23. The van der Waals surface area contributed by atoms with Crippen molar-refractivity contribution in [3.8, 4) is 17.1 Å². The van der Waals surface area contributed by atoms with E-state index in [9.17, 15) is 14.9 Å². The van der Waals surface area contributed by atoms with Gasteiger partial charge in [-0.25, -0.2) is 0 Å². The van der Waals surface area contributed by atoms with Crippen LogP contribution in [0.5, 0.6) is 5.75 Å². The van der Waals surface area contributed by atoms with E-state index in [1.54, 1.807) is 12.1 Å². The number of ether oxygens (including phenoxy) is 1. The summed E-state index contributed by atoms with van der Waals surface area (Å²) in [5.41, 5.74) is 1.15. The highest BCUT2D eigenvalue weighted by molar-refractivity contribution is 7.99. The summed E-state index contributed by atoms with van der Waals surface area (Å²) in [5.74, 6) is 1.65. The van der Waals surface area contributed by atoms with Crippen LogP contribution < -0.4 is 10.1 Å². The third-order valence-corrected chi connectivity index (χ3v) is 5.36. The number of thioether (sulfide) groups is 1. The number of allylic oxidation sites excluding steroid dienone is 1. The van der Waals surface area contributed by atoms with Crippen molar-refractivity contribution < 1.29 is 14.5 Å². The molecule has 0 unspecified atom stereocenters. The molecule has 2 aromatic carbocycles. The molecule has 0 spiro atoms. The first-order chi connectivity index (χ1) is 15.9. The zero-order valence-corrected chi connectivity index (χ0v) is 19.2. The van der Waals surface area contributed by atoms with Crippen molar-refractivity contribution in [2.24, 2.45) is 5.92 Å². The second-order valence-electron chi connectivity index (χ2n) is 7.58. The number of rotatable bonds is 11. The smallest absolute Gasteiger partial charge is 0.271 e. The van der Waals surface area contributed by atoms with Gasteiger partial charge in [-0.3, -0.25) is 19.5 Å². The van der Waals surface area contributed by atoms with Gasteiger partial charge in [0.05, 0.1) is 17.3 Å². The maximum absolute atomic E-state index is 12.4. The van der Waals surface area contributed by atoms with Crippen molar-refractivity contribution in [2.75, 3.05) is 17.7 Å². The van der Waals surface area contributed by atoms with Crippen molar-refractivity contribution >= 4 is 29.0 Å². The van der Waals surface area contributed by atoms with E-state index >= 15 is 0 Å². The molecular formula is C23H25N5O4S. The molecular weight excluding hydrogens is 442 g/mol. The minimum Gasteiger partial charge on any atom is -0.493 e. The Morgan fingerprint density at radius 2 is 2.03 bits per heavy atom. The molecule has 0 bridgehead atoms. The zero-order chi connectivity index (χ0) is 23.8. The first-order valence-corrected chi connectivity index (χ1v) is 11.3. The summed E-state index contributed by atoms with van der Waals surface area (Å²) in [7, 11) is 0. The number of benzene rings is 2. The molecule has 1 aromatic heterocycles. The third-order valence-electron chi connectivity index (χ3n) is 4.40. The Hall–Kier alpha value is -3.66. The van der Waals surface area contributed by atoms with Gasteiger partial charge in [0.25, 0.3) is 5.69 Å². The van der Waals surface area contributed by atoms with Crippen LogP contribution in [-0.2, 0) is 11.3 Å². The Balaban J connectivity index is 1.68. The van der Waals surface area contributed by atoms with E-state index in [2.05, 4.69) is 35.9 Å². The lowest BCUT2D eigenvalue weighted by Crippen LogP contribution is -2.14. The second-order valence-corrected chi connectivity index (χ2v) is 8.52. The number of hydrogen-bond acceptors (Lipinski definition) is 7. The van der Waals surface area contributed by atoms with E-state index in [-0.39, 0.29) is 17.3 Å². The van der Waals surface area contributed by atoms with Gasteiger partial charge in [0.15, 0.2) is 11.0 Å². The number of carbonyl (C=O) groups excluding carboxylic acids is 1. The largest absolute Gasteiger partial charge is 0.493 e. The van der Waals surface area contributed by atoms with Gasteiger partial charge in [0, 0.05) is 29.9 Å². The standard InChI is InChI=1S/C23H25N5O4S/c1-4-12-27-22(17-8-10-20(11-9-17)32-14-16(2)3)25-26-23(27)33-15-21(29)24-18-6-5-7-19(13-18)28(30)31/h4-11,13,16H,1,12,14-15H2,2-3H3,(H,24,29). The Kier molecular flexibility index (Phi) is 8.20. The Morgan fingerprint density at radius 1 is 1.27 bits per heavy atom. The average Bonchev–Trinajstić information content (AvgIpc) is 3.19. The normalized spacial score (nSPS) is 10.8. The Labute approximate surface area is 196 Å². The lowest BCUT2D eigenvalue weighted by Gasteiger charge is -2.10. The number of nitrogens with zero attached hydrogens (tertiary/aromatic N) is 4. The van der Waals surface area contributed by atoms with Gasteiger partial charge in [-0.05, 0) is 36.2 Å². The van der Waals surface area contributed by atoms with Gasteiger partial charge >= 0.3 is 0 Å². The van der Waals surface area contributed by atoms with E-state index in [1.807, 2.05) is 28.8 Å². The minimum atomic E-state index is -0.507. The Morgan fingerprint density at radius 3 is 2.70 bits per heavy atom. The number of nitro benzene ring substituents is 1. The molecule has 1 amide bonds. The summed E-state index contributed by atoms with van der Waals surface area (Å²) in [6, 6.07) is 13.4. The van der Waals surface area contributed by atoms with Crippen LogP contribution in [0.3, 0.4) is 0 Å². The lowest BCUT2D eigenvalue weighted by atomic mass is 10.2. The minimum absolute atomic E-state index is 0.0694. The number of amides is 1. The molecule has 9 nitrogen and oxygen atoms in total. The summed E-state index contributed by atoms with van der Waals surface area (Å²) in [6.45, 7) is 9.10. The zero-order valence-electron chi connectivity index (χ0n) is 18.4. The van der Waals surface area contributed by atoms with Crippen LogP contribution in [0.4, 0.5) is 11.4 Å². The first-order valence-electron chi connectivity index (χ1n) is 10.3. The van der Waals surface area contributed by atoms with Gasteiger partial charge in [0.2, 0.25) is 5.91 Å². The van der Waals surface area contributed by atoms with E-state index < -0.39 is 4.92 Å². The summed E-state index contributed by atoms with van der Waals surface area (Å²) < 4.78 is 7.61. The van der Waals surface area contributed by atoms with Gasteiger partial charge in [-0.1, -0.05) is 37.8 Å². The monoisotopic (exact) mass is 467 g/mol. The molecule has 3 rings (SSSR count). The van der Waals surface area contributed by atoms with Crippen molar-refractivity contribution in [3.05, 3.63) is 71.3 Å². The Bertz CT molecular complexity index is 1130. The molecule has 0 atom stereocenters. The van der Waals surface area contributed by atoms with E-state index in [0.29, 0.717) is 35.7 Å². The predicted octanol–water partition coefficient (Wildman–Crippen LogP) is 4.80. The van der Waals surface area contributed by atoms with Crippen LogP contribution in [0.15, 0.2) is 66.3 Å². The topological polar surface area (TPSA) is 112 Å². The molecule has 0 aliphatic heterocycles. The van der Waals surface area contributed by atoms with Crippen LogP contribution in [0.1, 0.15) is 13.8 Å². The third kappa shape index (κ3) is 6.66. The highest BCUT2D eigenvalue weighted by atomic mass is 32.2. The average molecular weight is 468 g/mol. The maximum Gasteiger partial charge on any atom is 0.271 e. The second kappa shape index (κ2) is 11.3. The van der Waals surface area contributed by atoms with Gasteiger partial charge < -0.3 is 10.1 Å². The molecule has 10 heteroatoms. The van der Waals surface area contributed by atoms with Gasteiger partial charge in [0.1, 0.15) is 5.75 Å².